The molecule has 5 heteroatoms. The minimum atomic E-state index is -0.0881. The maximum absolute atomic E-state index is 12.4. The Labute approximate surface area is 173 Å². The average Bonchev–Trinajstić information content (AvgIpc) is 2.72. The van der Waals surface area contributed by atoms with Crippen LogP contribution in [0.3, 0.4) is 0 Å². The van der Waals surface area contributed by atoms with Gasteiger partial charge in [-0.2, -0.15) is 0 Å². The van der Waals surface area contributed by atoms with E-state index in [1.165, 1.54) is 24.9 Å². The van der Waals surface area contributed by atoms with E-state index in [0.717, 1.165) is 35.6 Å². The van der Waals surface area contributed by atoms with Gasteiger partial charge in [0.2, 0.25) is 11.8 Å². The molecule has 1 aliphatic rings. The molecule has 0 aromatic heterocycles. The van der Waals surface area contributed by atoms with E-state index in [1.807, 2.05) is 44.2 Å². The molecule has 1 heterocycles. The SMILES string of the molecule is CC(=O)N(CCC(=O)Nc1cccc(C)c1C)c1ccc(N2CCCCC2)cc1. The summed E-state index contributed by atoms with van der Waals surface area (Å²) >= 11 is 0. The highest BCUT2D eigenvalue weighted by Gasteiger charge is 2.16. The van der Waals surface area contributed by atoms with Crippen LogP contribution < -0.4 is 15.1 Å². The van der Waals surface area contributed by atoms with Crippen molar-refractivity contribution in [3.05, 3.63) is 53.6 Å². The molecular formula is C24H31N3O2. The van der Waals surface area contributed by atoms with Gasteiger partial charge in [-0.25, -0.2) is 0 Å². The summed E-state index contributed by atoms with van der Waals surface area (Å²) in [5.74, 6) is -0.148. The first-order valence-electron chi connectivity index (χ1n) is 10.4. The van der Waals surface area contributed by atoms with E-state index in [0.29, 0.717) is 6.54 Å². The molecule has 1 N–H and O–H groups in total. The molecular weight excluding hydrogens is 362 g/mol. The Hall–Kier alpha value is -2.82. The highest BCUT2D eigenvalue weighted by Crippen LogP contribution is 2.24. The van der Waals surface area contributed by atoms with Crippen LogP contribution in [0.1, 0.15) is 43.7 Å². The first kappa shape index (κ1) is 20.9. The van der Waals surface area contributed by atoms with E-state index in [2.05, 4.69) is 22.3 Å². The quantitative estimate of drug-likeness (QED) is 0.776. The van der Waals surface area contributed by atoms with Gasteiger partial charge < -0.3 is 15.1 Å². The van der Waals surface area contributed by atoms with Gasteiger partial charge in [-0.15, -0.1) is 0 Å². The van der Waals surface area contributed by atoms with Gasteiger partial charge in [0, 0.05) is 50.0 Å². The minimum absolute atomic E-state index is 0.0599. The zero-order valence-electron chi connectivity index (χ0n) is 17.7. The van der Waals surface area contributed by atoms with Gasteiger partial charge in [-0.05, 0) is 74.6 Å². The fourth-order valence-corrected chi connectivity index (χ4v) is 3.78. The van der Waals surface area contributed by atoms with Gasteiger partial charge in [-0.3, -0.25) is 9.59 Å². The maximum Gasteiger partial charge on any atom is 0.226 e. The summed E-state index contributed by atoms with van der Waals surface area (Å²) in [6.45, 7) is 8.10. The van der Waals surface area contributed by atoms with Gasteiger partial charge in [0.05, 0.1) is 0 Å². The van der Waals surface area contributed by atoms with E-state index in [-0.39, 0.29) is 18.2 Å². The molecule has 2 amide bonds. The number of rotatable bonds is 6. The van der Waals surface area contributed by atoms with Crippen LogP contribution in [-0.4, -0.2) is 31.4 Å². The number of carbonyl (C=O) groups excluding carboxylic acids is 2. The molecule has 1 aliphatic heterocycles. The van der Waals surface area contributed by atoms with Crippen LogP contribution in [0.4, 0.5) is 17.1 Å². The van der Waals surface area contributed by atoms with Crippen molar-refractivity contribution in [1.29, 1.82) is 0 Å². The second-order valence-corrected chi connectivity index (χ2v) is 7.78. The molecule has 154 valence electrons. The molecule has 5 nitrogen and oxygen atoms in total. The Morgan fingerprint density at radius 2 is 1.69 bits per heavy atom. The number of hydrogen-bond donors (Lipinski definition) is 1. The van der Waals surface area contributed by atoms with Gasteiger partial charge in [0.1, 0.15) is 0 Å². The monoisotopic (exact) mass is 393 g/mol. The predicted molar refractivity (Wildman–Crippen MR) is 120 cm³/mol. The van der Waals surface area contributed by atoms with E-state index in [1.54, 1.807) is 11.8 Å². The van der Waals surface area contributed by atoms with E-state index < -0.39 is 0 Å². The lowest BCUT2D eigenvalue weighted by Crippen LogP contribution is -2.32. The predicted octanol–water partition coefficient (Wildman–Crippen LogP) is 4.68. The van der Waals surface area contributed by atoms with Gasteiger partial charge in [-0.1, -0.05) is 12.1 Å². The number of carbonyl (C=O) groups is 2. The van der Waals surface area contributed by atoms with E-state index in [9.17, 15) is 9.59 Å². The number of piperidine rings is 1. The summed E-state index contributed by atoms with van der Waals surface area (Å²) in [6, 6.07) is 14.0. The summed E-state index contributed by atoms with van der Waals surface area (Å²) in [5.41, 5.74) is 5.07. The second-order valence-electron chi connectivity index (χ2n) is 7.78. The molecule has 2 aromatic carbocycles. The smallest absolute Gasteiger partial charge is 0.226 e. The maximum atomic E-state index is 12.4. The van der Waals surface area contributed by atoms with Crippen LogP contribution in [0.25, 0.3) is 0 Å². The number of aryl methyl sites for hydroxylation is 1. The van der Waals surface area contributed by atoms with Crippen molar-refractivity contribution in [2.75, 3.05) is 34.8 Å². The van der Waals surface area contributed by atoms with Gasteiger partial charge in [0.15, 0.2) is 0 Å². The van der Waals surface area contributed by atoms with Crippen molar-refractivity contribution in [3.8, 4) is 0 Å². The van der Waals surface area contributed by atoms with Gasteiger partial charge in [0.25, 0.3) is 0 Å². The summed E-state index contributed by atoms with van der Waals surface area (Å²) in [7, 11) is 0. The minimum Gasteiger partial charge on any atom is -0.372 e. The Bertz CT molecular complexity index is 855. The highest BCUT2D eigenvalue weighted by molar-refractivity contribution is 5.95. The van der Waals surface area contributed by atoms with E-state index >= 15 is 0 Å². The molecule has 0 atom stereocenters. The van der Waals surface area contributed by atoms with Crippen LogP contribution in [0.2, 0.25) is 0 Å². The Balaban J connectivity index is 1.61. The lowest BCUT2D eigenvalue weighted by molar-refractivity contribution is -0.117. The molecule has 3 rings (SSSR count). The Morgan fingerprint density at radius 3 is 2.34 bits per heavy atom. The molecule has 1 saturated heterocycles. The van der Waals surface area contributed by atoms with Crippen molar-refractivity contribution in [2.24, 2.45) is 0 Å². The number of amides is 2. The van der Waals surface area contributed by atoms with Crippen molar-refractivity contribution < 1.29 is 9.59 Å². The molecule has 2 aromatic rings. The van der Waals surface area contributed by atoms with Crippen molar-refractivity contribution in [2.45, 2.75) is 46.5 Å². The summed E-state index contributed by atoms with van der Waals surface area (Å²) in [4.78, 5) is 28.7. The largest absolute Gasteiger partial charge is 0.372 e. The fourth-order valence-electron chi connectivity index (χ4n) is 3.78. The summed E-state index contributed by atoms with van der Waals surface area (Å²) in [5, 5.41) is 2.97. The van der Waals surface area contributed by atoms with Crippen LogP contribution in [0.5, 0.6) is 0 Å². The third kappa shape index (κ3) is 5.37. The molecule has 0 aliphatic carbocycles. The van der Waals surface area contributed by atoms with Gasteiger partial charge >= 0.3 is 0 Å². The van der Waals surface area contributed by atoms with Crippen molar-refractivity contribution in [1.82, 2.24) is 0 Å². The van der Waals surface area contributed by atoms with Crippen molar-refractivity contribution in [3.63, 3.8) is 0 Å². The number of nitrogens with zero attached hydrogens (tertiary/aromatic N) is 2. The summed E-state index contributed by atoms with van der Waals surface area (Å²) < 4.78 is 0. The van der Waals surface area contributed by atoms with E-state index in [4.69, 9.17) is 0 Å². The number of anilines is 3. The van der Waals surface area contributed by atoms with Crippen molar-refractivity contribution >= 4 is 28.9 Å². The number of nitrogens with one attached hydrogen (secondary N) is 1. The van der Waals surface area contributed by atoms with Crippen LogP contribution >= 0.6 is 0 Å². The van der Waals surface area contributed by atoms with Crippen LogP contribution in [-0.2, 0) is 9.59 Å². The molecule has 0 radical (unpaired) electrons. The molecule has 0 bridgehead atoms. The zero-order valence-corrected chi connectivity index (χ0v) is 17.7. The first-order chi connectivity index (χ1) is 14.0. The fraction of sp³-hybridized carbons (Fsp3) is 0.417. The normalized spacial score (nSPS) is 13.8. The molecule has 0 saturated carbocycles. The first-order valence-corrected chi connectivity index (χ1v) is 10.4. The molecule has 0 unspecified atom stereocenters. The van der Waals surface area contributed by atoms with Crippen LogP contribution in [0.15, 0.2) is 42.5 Å². The zero-order chi connectivity index (χ0) is 20.8. The number of hydrogen-bond acceptors (Lipinski definition) is 3. The molecule has 0 spiro atoms. The lowest BCUT2D eigenvalue weighted by Gasteiger charge is -2.29. The Morgan fingerprint density at radius 1 is 1.00 bits per heavy atom. The molecule has 29 heavy (non-hydrogen) atoms. The summed E-state index contributed by atoms with van der Waals surface area (Å²) in [6.07, 6.45) is 4.02. The molecule has 1 fully saturated rings. The Kier molecular flexibility index (Phi) is 6.91. The topological polar surface area (TPSA) is 52.7 Å². The lowest BCUT2D eigenvalue weighted by atomic mass is 10.1. The van der Waals surface area contributed by atoms with Crippen LogP contribution in [0, 0.1) is 13.8 Å². The third-order valence-electron chi connectivity index (χ3n) is 5.70. The second kappa shape index (κ2) is 9.59. The average molecular weight is 394 g/mol. The third-order valence-corrected chi connectivity index (χ3v) is 5.70. The standard InChI is InChI=1S/C24H31N3O2/c1-18-8-7-9-23(19(18)2)25-24(29)14-17-27(20(3)28)22-12-10-21(11-13-22)26-15-5-4-6-16-26/h7-13H,4-6,14-17H2,1-3H3,(H,25,29). The highest BCUT2D eigenvalue weighted by atomic mass is 16.2. The number of benzene rings is 2.